The van der Waals surface area contributed by atoms with E-state index < -0.39 is 0 Å². The third-order valence-corrected chi connectivity index (χ3v) is 3.61. The first-order valence-corrected chi connectivity index (χ1v) is 6.23. The van der Waals surface area contributed by atoms with Crippen molar-refractivity contribution in [1.82, 2.24) is 0 Å². The van der Waals surface area contributed by atoms with Crippen LogP contribution in [-0.4, -0.2) is 13.0 Å². The van der Waals surface area contributed by atoms with Crippen molar-refractivity contribution < 1.29 is 4.79 Å². The Hall–Kier alpha value is -1.35. The largest absolute Gasteiger partial charge is 0.324 e. The molecule has 92 valence electrons. The molecule has 3 heteroatoms. The van der Waals surface area contributed by atoms with Gasteiger partial charge in [0.2, 0.25) is 5.91 Å². The molecule has 0 aliphatic carbocycles. The second-order valence-corrected chi connectivity index (χ2v) is 4.83. The average Bonchev–Trinajstić information content (AvgIpc) is 2.55. The van der Waals surface area contributed by atoms with Gasteiger partial charge in [-0.2, -0.15) is 0 Å². The van der Waals surface area contributed by atoms with Gasteiger partial charge < -0.3 is 10.6 Å². The van der Waals surface area contributed by atoms with Gasteiger partial charge in [-0.1, -0.05) is 25.5 Å². The number of likely N-dealkylation sites (N-methyl/N-ethyl adjacent to an activating group) is 1. The molecular formula is C14H20N2O. The first kappa shape index (κ1) is 12.1. The molecule has 0 spiro atoms. The summed E-state index contributed by atoms with van der Waals surface area (Å²) in [6.07, 6.45) is 2.06. The van der Waals surface area contributed by atoms with E-state index in [1.54, 1.807) is 4.90 Å². The molecule has 1 aromatic carbocycles. The molecule has 0 radical (unpaired) electrons. The molecule has 1 heterocycles. The van der Waals surface area contributed by atoms with Crippen LogP contribution in [0.4, 0.5) is 5.69 Å². The molecule has 0 aromatic heterocycles. The van der Waals surface area contributed by atoms with Crippen LogP contribution >= 0.6 is 0 Å². The first-order valence-electron chi connectivity index (χ1n) is 6.23. The van der Waals surface area contributed by atoms with Crippen molar-refractivity contribution >= 4 is 11.6 Å². The van der Waals surface area contributed by atoms with Crippen LogP contribution in [0.25, 0.3) is 0 Å². The second kappa shape index (κ2) is 4.49. The van der Waals surface area contributed by atoms with Gasteiger partial charge in [0.1, 0.15) is 0 Å². The number of amides is 1. The molecule has 0 fully saturated rings. The van der Waals surface area contributed by atoms with Gasteiger partial charge in [-0.25, -0.2) is 0 Å². The Morgan fingerprint density at radius 3 is 2.82 bits per heavy atom. The van der Waals surface area contributed by atoms with E-state index in [0.717, 1.165) is 29.7 Å². The lowest BCUT2D eigenvalue weighted by atomic mass is 9.96. The maximum Gasteiger partial charge on any atom is 0.234 e. The highest BCUT2D eigenvalue weighted by Crippen LogP contribution is 2.37. The molecule has 2 N–H and O–H groups in total. The first-order chi connectivity index (χ1) is 8.06. The number of anilines is 1. The summed E-state index contributed by atoms with van der Waals surface area (Å²) in [5.41, 5.74) is 9.39. The Labute approximate surface area is 103 Å². The van der Waals surface area contributed by atoms with Crippen molar-refractivity contribution in [1.29, 1.82) is 0 Å². The molecule has 0 bridgehead atoms. The Morgan fingerprint density at radius 2 is 2.18 bits per heavy atom. The number of rotatable bonds is 3. The van der Waals surface area contributed by atoms with Crippen molar-refractivity contribution in [2.45, 2.75) is 38.6 Å². The second-order valence-electron chi connectivity index (χ2n) is 4.83. The third-order valence-electron chi connectivity index (χ3n) is 3.61. The van der Waals surface area contributed by atoms with Crippen LogP contribution in [0.1, 0.15) is 49.8 Å². The molecule has 0 saturated heterocycles. The number of carbonyl (C=O) groups excluding carboxylic acids is 1. The van der Waals surface area contributed by atoms with E-state index >= 15 is 0 Å². The van der Waals surface area contributed by atoms with Gasteiger partial charge in [-0.3, -0.25) is 4.79 Å². The van der Waals surface area contributed by atoms with Gasteiger partial charge in [0.05, 0.1) is 5.92 Å². The smallest absolute Gasteiger partial charge is 0.234 e. The lowest BCUT2D eigenvalue weighted by Crippen LogP contribution is -2.22. The van der Waals surface area contributed by atoms with E-state index in [0.29, 0.717) is 0 Å². The summed E-state index contributed by atoms with van der Waals surface area (Å²) in [5.74, 6) is 0.130. The van der Waals surface area contributed by atoms with Crippen molar-refractivity contribution in [2.24, 2.45) is 5.73 Å². The normalized spacial score (nSPS) is 20.6. The third kappa shape index (κ3) is 1.95. The molecule has 1 amide bonds. The van der Waals surface area contributed by atoms with Crippen molar-refractivity contribution in [3.63, 3.8) is 0 Å². The maximum atomic E-state index is 11.9. The van der Waals surface area contributed by atoms with E-state index in [2.05, 4.69) is 13.0 Å². The topological polar surface area (TPSA) is 46.3 Å². The Morgan fingerprint density at radius 1 is 1.47 bits per heavy atom. The van der Waals surface area contributed by atoms with Crippen LogP contribution < -0.4 is 10.6 Å². The molecule has 1 aromatic rings. The number of fused-ring (bicyclic) bond motifs is 1. The highest BCUT2D eigenvalue weighted by Gasteiger charge is 2.31. The number of benzene rings is 1. The number of nitrogens with two attached hydrogens (primary N) is 1. The van der Waals surface area contributed by atoms with Crippen molar-refractivity contribution in [3.8, 4) is 0 Å². The highest BCUT2D eigenvalue weighted by molar-refractivity contribution is 6.04. The minimum Gasteiger partial charge on any atom is -0.324 e. The van der Waals surface area contributed by atoms with E-state index in [4.69, 9.17) is 5.73 Å². The van der Waals surface area contributed by atoms with E-state index in [1.807, 2.05) is 26.1 Å². The summed E-state index contributed by atoms with van der Waals surface area (Å²) in [5, 5.41) is 0. The fraction of sp³-hybridized carbons (Fsp3) is 0.500. The summed E-state index contributed by atoms with van der Waals surface area (Å²) in [7, 11) is 1.83. The molecule has 2 atom stereocenters. The van der Waals surface area contributed by atoms with Crippen molar-refractivity contribution in [3.05, 3.63) is 29.3 Å². The van der Waals surface area contributed by atoms with Gasteiger partial charge >= 0.3 is 0 Å². The number of carbonyl (C=O) groups is 1. The summed E-state index contributed by atoms with van der Waals surface area (Å²) >= 11 is 0. The zero-order valence-corrected chi connectivity index (χ0v) is 10.7. The predicted octanol–water partition coefficient (Wildman–Crippen LogP) is 2.57. The Balaban J connectivity index is 2.36. The minimum atomic E-state index is -0.0382. The summed E-state index contributed by atoms with van der Waals surface area (Å²) in [6, 6.07) is 6.24. The SMILES string of the molecule is CCCC(N)c1ccc2c(c1)C(C)C(=O)N2C. The molecule has 1 aliphatic heterocycles. The van der Waals surface area contributed by atoms with Crippen molar-refractivity contribution in [2.75, 3.05) is 11.9 Å². The zero-order chi connectivity index (χ0) is 12.6. The zero-order valence-electron chi connectivity index (χ0n) is 10.7. The standard InChI is InChI=1S/C14H20N2O/c1-4-5-12(15)10-6-7-13-11(8-10)9(2)14(17)16(13)3/h6-9,12H,4-5,15H2,1-3H3. The van der Waals surface area contributed by atoms with E-state index in [-0.39, 0.29) is 17.9 Å². The number of nitrogens with zero attached hydrogens (tertiary/aromatic N) is 1. The van der Waals surface area contributed by atoms with Crippen LogP contribution in [0.5, 0.6) is 0 Å². The molecule has 2 rings (SSSR count). The average molecular weight is 232 g/mol. The lowest BCUT2D eigenvalue weighted by molar-refractivity contribution is -0.118. The Bertz CT molecular complexity index is 442. The van der Waals surface area contributed by atoms with E-state index in [1.165, 1.54) is 0 Å². The van der Waals surface area contributed by atoms with Gasteiger partial charge in [0, 0.05) is 18.8 Å². The molecule has 3 nitrogen and oxygen atoms in total. The lowest BCUT2D eigenvalue weighted by Gasteiger charge is -2.14. The minimum absolute atomic E-state index is 0.0382. The summed E-state index contributed by atoms with van der Waals surface area (Å²) < 4.78 is 0. The predicted molar refractivity (Wildman–Crippen MR) is 70.1 cm³/mol. The van der Waals surface area contributed by atoms with Crippen LogP contribution in [0.2, 0.25) is 0 Å². The summed E-state index contributed by atoms with van der Waals surface area (Å²) in [6.45, 7) is 4.09. The van der Waals surface area contributed by atoms with Gasteiger partial charge in [-0.05, 0) is 30.5 Å². The quantitative estimate of drug-likeness (QED) is 0.870. The van der Waals surface area contributed by atoms with E-state index in [9.17, 15) is 4.79 Å². The van der Waals surface area contributed by atoms with Gasteiger partial charge in [-0.15, -0.1) is 0 Å². The molecular weight excluding hydrogens is 212 g/mol. The molecule has 2 unspecified atom stereocenters. The fourth-order valence-corrected chi connectivity index (χ4v) is 2.48. The highest BCUT2D eigenvalue weighted by atomic mass is 16.2. The van der Waals surface area contributed by atoms with Gasteiger partial charge in [0.25, 0.3) is 0 Å². The monoisotopic (exact) mass is 232 g/mol. The van der Waals surface area contributed by atoms with Crippen LogP contribution in [0.15, 0.2) is 18.2 Å². The molecule has 1 aliphatic rings. The van der Waals surface area contributed by atoms with Crippen LogP contribution in [0, 0.1) is 0 Å². The van der Waals surface area contributed by atoms with Gasteiger partial charge in [0.15, 0.2) is 0 Å². The summed E-state index contributed by atoms with van der Waals surface area (Å²) in [4.78, 5) is 13.6. The molecule has 0 saturated carbocycles. The Kier molecular flexibility index (Phi) is 3.20. The maximum absolute atomic E-state index is 11.9. The fourth-order valence-electron chi connectivity index (χ4n) is 2.48. The number of hydrogen-bond acceptors (Lipinski definition) is 2. The van der Waals surface area contributed by atoms with Crippen LogP contribution in [0.3, 0.4) is 0 Å². The number of hydrogen-bond donors (Lipinski definition) is 1. The molecule has 17 heavy (non-hydrogen) atoms. The van der Waals surface area contributed by atoms with Crippen LogP contribution in [-0.2, 0) is 4.79 Å².